The zero-order valence-electron chi connectivity index (χ0n) is 18.8. The Kier molecular flexibility index (Phi) is 8.46. The van der Waals surface area contributed by atoms with Gasteiger partial charge < -0.3 is 19.5 Å². The fraction of sp³-hybridized carbons (Fsp3) is 0.348. The van der Waals surface area contributed by atoms with Crippen LogP contribution in [-0.2, 0) is 14.8 Å². The highest BCUT2D eigenvalue weighted by molar-refractivity contribution is 7.89. The molecule has 0 radical (unpaired) electrons. The third-order valence-electron chi connectivity index (χ3n) is 5.21. The molecule has 2 aromatic rings. The highest BCUT2D eigenvalue weighted by atomic mass is 32.2. The summed E-state index contributed by atoms with van der Waals surface area (Å²) in [4.78, 5) is 12.6. The highest BCUT2D eigenvalue weighted by Gasteiger charge is 2.27. The van der Waals surface area contributed by atoms with E-state index < -0.39 is 22.5 Å². The van der Waals surface area contributed by atoms with Crippen molar-refractivity contribution >= 4 is 27.7 Å². The lowest BCUT2D eigenvalue weighted by Crippen LogP contribution is -2.35. The minimum atomic E-state index is -3.69. The van der Waals surface area contributed by atoms with Crippen molar-refractivity contribution in [3.8, 4) is 17.2 Å². The van der Waals surface area contributed by atoms with Gasteiger partial charge in [0.25, 0.3) is 0 Å². The van der Waals surface area contributed by atoms with Crippen LogP contribution in [-0.4, -0.2) is 52.6 Å². The zero-order valence-corrected chi connectivity index (χ0v) is 19.6. The smallest absolute Gasteiger partial charge is 0.387 e. The number of carbonyl (C=O) groups is 1. The van der Waals surface area contributed by atoms with E-state index in [1.54, 1.807) is 0 Å². The molecule has 0 unspecified atom stereocenters. The summed E-state index contributed by atoms with van der Waals surface area (Å²) in [6.45, 7) is -2.07. The van der Waals surface area contributed by atoms with Crippen molar-refractivity contribution in [2.45, 2.75) is 30.8 Å². The molecule has 11 heteroatoms. The van der Waals surface area contributed by atoms with E-state index in [1.807, 2.05) is 0 Å². The molecule has 1 aliphatic heterocycles. The Labute approximate surface area is 197 Å². The van der Waals surface area contributed by atoms with E-state index in [0.29, 0.717) is 24.4 Å². The molecule has 1 amide bonds. The Morgan fingerprint density at radius 3 is 2.32 bits per heavy atom. The van der Waals surface area contributed by atoms with Crippen molar-refractivity contribution in [3.63, 3.8) is 0 Å². The van der Waals surface area contributed by atoms with Crippen molar-refractivity contribution in [2.24, 2.45) is 0 Å². The van der Waals surface area contributed by atoms with E-state index in [0.717, 1.165) is 19.3 Å². The quantitative estimate of drug-likeness (QED) is 0.525. The number of nitrogens with one attached hydrogen (secondary N) is 1. The second-order valence-corrected chi connectivity index (χ2v) is 9.38. The van der Waals surface area contributed by atoms with E-state index in [9.17, 15) is 22.0 Å². The summed E-state index contributed by atoms with van der Waals surface area (Å²) in [6.07, 6.45) is 5.28. The van der Waals surface area contributed by atoms with Gasteiger partial charge in [-0.05, 0) is 54.8 Å². The first-order valence-electron chi connectivity index (χ1n) is 10.5. The van der Waals surface area contributed by atoms with Gasteiger partial charge in [-0.15, -0.1) is 0 Å². The summed E-state index contributed by atoms with van der Waals surface area (Å²) < 4.78 is 67.0. The number of amides is 1. The van der Waals surface area contributed by atoms with Gasteiger partial charge in [-0.25, -0.2) is 8.42 Å². The second-order valence-electron chi connectivity index (χ2n) is 7.44. The van der Waals surface area contributed by atoms with Crippen molar-refractivity contribution in [2.75, 3.05) is 32.6 Å². The second kappa shape index (κ2) is 11.3. The molecule has 184 valence electrons. The molecule has 2 aromatic carbocycles. The maximum Gasteiger partial charge on any atom is 0.387 e. The molecule has 1 heterocycles. The van der Waals surface area contributed by atoms with E-state index in [2.05, 4.69) is 10.1 Å². The maximum absolute atomic E-state index is 13.0. The van der Waals surface area contributed by atoms with Gasteiger partial charge in [0.1, 0.15) is 5.75 Å². The predicted octanol–water partition coefficient (Wildman–Crippen LogP) is 4.13. The number of benzene rings is 2. The van der Waals surface area contributed by atoms with E-state index >= 15 is 0 Å². The number of hydrogen-bond acceptors (Lipinski definition) is 6. The van der Waals surface area contributed by atoms with Crippen LogP contribution < -0.4 is 19.5 Å². The third-order valence-corrected chi connectivity index (χ3v) is 7.11. The average Bonchev–Trinajstić information content (AvgIpc) is 2.83. The third kappa shape index (κ3) is 6.23. The molecule has 0 atom stereocenters. The Morgan fingerprint density at radius 2 is 1.68 bits per heavy atom. The molecule has 0 bridgehead atoms. The molecule has 1 fully saturated rings. The molecule has 1 N–H and O–H groups in total. The number of piperidine rings is 1. The van der Waals surface area contributed by atoms with Crippen LogP contribution in [0.1, 0.15) is 24.8 Å². The van der Waals surface area contributed by atoms with Crippen molar-refractivity contribution in [1.82, 2.24) is 4.31 Å². The summed E-state index contributed by atoms with van der Waals surface area (Å²) >= 11 is 0. The van der Waals surface area contributed by atoms with Crippen LogP contribution in [0.25, 0.3) is 6.08 Å². The number of carbonyl (C=O) groups excluding carboxylic acids is 1. The molecule has 0 saturated carbocycles. The Hall–Kier alpha value is -3.18. The minimum Gasteiger partial charge on any atom is -0.495 e. The Morgan fingerprint density at radius 1 is 1.00 bits per heavy atom. The van der Waals surface area contributed by atoms with E-state index in [-0.39, 0.29) is 22.1 Å². The topological polar surface area (TPSA) is 94.2 Å². The number of anilines is 1. The monoisotopic (exact) mass is 496 g/mol. The predicted molar refractivity (Wildman–Crippen MR) is 123 cm³/mol. The molecule has 3 rings (SSSR count). The van der Waals surface area contributed by atoms with Gasteiger partial charge in [-0.1, -0.05) is 12.5 Å². The van der Waals surface area contributed by atoms with Crippen molar-refractivity contribution in [1.29, 1.82) is 0 Å². The lowest BCUT2D eigenvalue weighted by molar-refractivity contribution is -0.111. The van der Waals surface area contributed by atoms with E-state index in [1.165, 1.54) is 67.1 Å². The normalized spacial score (nSPS) is 14.9. The average molecular weight is 497 g/mol. The first-order valence-corrected chi connectivity index (χ1v) is 12.0. The number of alkyl halides is 2. The number of methoxy groups -OCH3 is 2. The highest BCUT2D eigenvalue weighted by Crippen LogP contribution is 2.31. The Balaban J connectivity index is 1.77. The molecule has 8 nitrogen and oxygen atoms in total. The van der Waals surface area contributed by atoms with Crippen LogP contribution in [0.15, 0.2) is 47.4 Å². The van der Waals surface area contributed by atoms with Crippen LogP contribution in [0.3, 0.4) is 0 Å². The summed E-state index contributed by atoms with van der Waals surface area (Å²) in [5.74, 6) is -0.289. The summed E-state index contributed by atoms with van der Waals surface area (Å²) in [5, 5.41) is 2.62. The SMILES string of the molecule is COc1ccc(S(=O)(=O)N2CCCCC2)cc1NC(=O)/C=C/c1ccc(OC(F)F)c(OC)c1. The van der Waals surface area contributed by atoms with Crippen LogP contribution in [0.5, 0.6) is 17.2 Å². The van der Waals surface area contributed by atoms with E-state index in [4.69, 9.17) is 9.47 Å². The number of sulfonamides is 1. The zero-order chi connectivity index (χ0) is 24.7. The molecule has 0 aliphatic carbocycles. The summed E-state index contributed by atoms with van der Waals surface area (Å²) in [7, 11) is -0.970. The number of nitrogens with zero attached hydrogens (tertiary/aromatic N) is 1. The van der Waals surface area contributed by atoms with Crippen LogP contribution in [0, 0.1) is 0 Å². The van der Waals surface area contributed by atoms with Crippen LogP contribution >= 0.6 is 0 Å². The summed E-state index contributed by atoms with van der Waals surface area (Å²) in [5.41, 5.74) is 0.704. The number of hydrogen-bond donors (Lipinski definition) is 1. The Bertz CT molecular complexity index is 1150. The van der Waals surface area contributed by atoms with Gasteiger partial charge in [0.2, 0.25) is 15.9 Å². The first kappa shape index (κ1) is 25.4. The van der Waals surface area contributed by atoms with Crippen molar-refractivity contribution < 1.29 is 36.2 Å². The van der Waals surface area contributed by atoms with Crippen LogP contribution in [0.4, 0.5) is 14.5 Å². The molecule has 0 spiro atoms. The van der Waals surface area contributed by atoms with Gasteiger partial charge in [0.05, 0.1) is 24.8 Å². The molecule has 0 aromatic heterocycles. The van der Waals surface area contributed by atoms with Gasteiger partial charge in [0, 0.05) is 19.2 Å². The lowest BCUT2D eigenvalue weighted by atomic mass is 10.2. The minimum absolute atomic E-state index is 0.0637. The standard InChI is InChI=1S/C23H26F2N2O6S/c1-31-19-10-8-17(34(29,30)27-12-4-3-5-13-27)15-18(19)26-22(28)11-7-16-6-9-20(33-23(24)25)21(14-16)32-2/h6-11,14-15,23H,3-5,12-13H2,1-2H3,(H,26,28)/b11-7+. The molecular formula is C23H26F2N2O6S. The molecule has 34 heavy (non-hydrogen) atoms. The lowest BCUT2D eigenvalue weighted by Gasteiger charge is -2.26. The fourth-order valence-electron chi connectivity index (χ4n) is 3.53. The maximum atomic E-state index is 13.0. The van der Waals surface area contributed by atoms with Gasteiger partial charge >= 0.3 is 6.61 Å². The number of rotatable bonds is 9. The number of halogens is 2. The van der Waals surface area contributed by atoms with Gasteiger partial charge in [0.15, 0.2) is 11.5 Å². The molecule has 1 aliphatic rings. The first-order chi connectivity index (χ1) is 16.2. The van der Waals surface area contributed by atoms with Gasteiger partial charge in [-0.3, -0.25) is 4.79 Å². The fourth-order valence-corrected chi connectivity index (χ4v) is 5.07. The molecular weight excluding hydrogens is 470 g/mol. The van der Waals surface area contributed by atoms with Crippen molar-refractivity contribution in [3.05, 3.63) is 48.0 Å². The largest absolute Gasteiger partial charge is 0.495 e. The number of ether oxygens (including phenoxy) is 3. The van der Waals surface area contributed by atoms with Gasteiger partial charge in [-0.2, -0.15) is 13.1 Å². The summed E-state index contributed by atoms with van der Waals surface area (Å²) in [6, 6.07) is 8.53. The van der Waals surface area contributed by atoms with Crippen LogP contribution in [0.2, 0.25) is 0 Å². The molecule has 1 saturated heterocycles.